The quantitative estimate of drug-likeness (QED) is 0.200. The van der Waals surface area contributed by atoms with Gasteiger partial charge in [-0.05, 0) is 71.7 Å². The van der Waals surface area contributed by atoms with E-state index in [-0.39, 0.29) is 11.1 Å². The lowest BCUT2D eigenvalue weighted by molar-refractivity contribution is -0.150. The van der Waals surface area contributed by atoms with E-state index in [1.165, 1.54) is 25.3 Å². The minimum atomic E-state index is -2.17. The molecule has 0 aromatic heterocycles. The lowest BCUT2D eigenvalue weighted by Gasteiger charge is -2.34. The van der Waals surface area contributed by atoms with Gasteiger partial charge in [-0.3, -0.25) is 15.0 Å². The number of hydrazine groups is 1. The molecule has 0 spiro atoms. The third-order valence-electron chi connectivity index (χ3n) is 7.01. The summed E-state index contributed by atoms with van der Waals surface area (Å²) < 4.78 is 15.8. The number of ether oxygens (including phenoxy) is 3. The van der Waals surface area contributed by atoms with E-state index in [9.17, 15) is 14.7 Å². The van der Waals surface area contributed by atoms with E-state index in [1.54, 1.807) is 80.8 Å². The van der Waals surface area contributed by atoms with Crippen molar-refractivity contribution in [1.82, 2.24) is 10.4 Å². The molecular formula is C34H34N2O6. The highest BCUT2D eigenvalue weighted by Gasteiger charge is 2.42. The molecule has 216 valence electrons. The maximum Gasteiger partial charge on any atom is 0.279 e. The highest BCUT2D eigenvalue weighted by atomic mass is 16.5. The summed E-state index contributed by atoms with van der Waals surface area (Å²) in [6, 6.07) is 29.0. The fraction of sp³-hybridized carbons (Fsp3) is 0.176. The number of benzene rings is 4. The number of methoxy groups -OCH3 is 3. The Bertz CT molecular complexity index is 1450. The fourth-order valence-electron chi connectivity index (χ4n) is 4.47. The van der Waals surface area contributed by atoms with Crippen LogP contribution in [0.1, 0.15) is 35.2 Å². The average Bonchev–Trinajstić information content (AvgIpc) is 3.05. The average molecular weight is 567 g/mol. The molecule has 1 unspecified atom stereocenters. The van der Waals surface area contributed by atoms with Gasteiger partial charge in [-0.1, -0.05) is 66.7 Å². The van der Waals surface area contributed by atoms with E-state index < -0.39 is 23.5 Å². The number of aliphatic hydroxyl groups is 1. The van der Waals surface area contributed by atoms with Crippen LogP contribution in [0.15, 0.2) is 109 Å². The molecular weight excluding hydrogens is 532 g/mol. The van der Waals surface area contributed by atoms with E-state index >= 15 is 0 Å². The van der Waals surface area contributed by atoms with Gasteiger partial charge in [0.15, 0.2) is 5.60 Å². The van der Waals surface area contributed by atoms with Crippen LogP contribution in [0.5, 0.6) is 17.2 Å². The highest BCUT2D eigenvalue weighted by molar-refractivity contribution is 5.96. The number of nitrogens with zero attached hydrogens (tertiary/aromatic N) is 1. The van der Waals surface area contributed by atoms with Crippen LogP contribution in [0.4, 0.5) is 0 Å². The van der Waals surface area contributed by atoms with Crippen molar-refractivity contribution in [3.05, 3.63) is 131 Å². The van der Waals surface area contributed by atoms with Crippen LogP contribution >= 0.6 is 0 Å². The summed E-state index contributed by atoms with van der Waals surface area (Å²) in [7, 11) is 4.64. The number of carbonyl (C=O) groups excluding carboxylic acids is 2. The zero-order valence-electron chi connectivity index (χ0n) is 24.0. The molecule has 4 aromatic rings. The topological polar surface area (TPSA) is 97.3 Å². The summed E-state index contributed by atoms with van der Waals surface area (Å²) in [4.78, 5) is 27.8. The Balaban J connectivity index is 1.74. The molecule has 0 fully saturated rings. The fourth-order valence-corrected chi connectivity index (χ4v) is 4.47. The summed E-state index contributed by atoms with van der Waals surface area (Å²) in [6.07, 6.45) is 3.05. The van der Waals surface area contributed by atoms with Gasteiger partial charge in [0.05, 0.1) is 27.4 Å². The molecule has 4 rings (SSSR count). The Kier molecular flexibility index (Phi) is 9.62. The smallest absolute Gasteiger partial charge is 0.279 e. The van der Waals surface area contributed by atoms with Gasteiger partial charge in [0.25, 0.3) is 11.8 Å². The number of hydrogen-bond acceptors (Lipinski definition) is 6. The van der Waals surface area contributed by atoms with Gasteiger partial charge >= 0.3 is 0 Å². The normalized spacial score (nSPS) is 11.9. The number of amides is 2. The molecule has 8 heteroatoms. The van der Waals surface area contributed by atoms with Crippen LogP contribution in [0.2, 0.25) is 0 Å². The van der Waals surface area contributed by atoms with Crippen molar-refractivity contribution < 1.29 is 28.9 Å². The molecule has 0 bridgehead atoms. The summed E-state index contributed by atoms with van der Waals surface area (Å²) in [5, 5.41) is 13.4. The minimum absolute atomic E-state index is 0.287. The Morgan fingerprint density at radius 3 is 1.64 bits per heavy atom. The zero-order chi connectivity index (χ0) is 30.1. The molecule has 4 aromatic carbocycles. The van der Waals surface area contributed by atoms with Crippen molar-refractivity contribution in [3.63, 3.8) is 0 Å². The number of nitrogens with one attached hydrogen (secondary N) is 1. The van der Waals surface area contributed by atoms with Crippen molar-refractivity contribution in [2.24, 2.45) is 0 Å². The molecule has 0 radical (unpaired) electrons. The lowest BCUT2D eigenvalue weighted by atomic mass is 9.85. The molecule has 2 amide bonds. The minimum Gasteiger partial charge on any atom is -0.497 e. The maximum atomic E-state index is 14.1. The van der Waals surface area contributed by atoms with Gasteiger partial charge in [0.1, 0.15) is 17.2 Å². The van der Waals surface area contributed by atoms with Gasteiger partial charge in [0.2, 0.25) is 0 Å². The molecule has 42 heavy (non-hydrogen) atoms. The van der Waals surface area contributed by atoms with Gasteiger partial charge in [-0.15, -0.1) is 0 Å². The van der Waals surface area contributed by atoms with Crippen LogP contribution in [0.25, 0.3) is 6.08 Å². The molecule has 0 heterocycles. The van der Waals surface area contributed by atoms with E-state index in [0.29, 0.717) is 17.2 Å². The van der Waals surface area contributed by atoms with Crippen molar-refractivity contribution in [1.29, 1.82) is 0 Å². The molecule has 8 nitrogen and oxygen atoms in total. The van der Waals surface area contributed by atoms with Gasteiger partial charge in [0, 0.05) is 6.08 Å². The second-order valence-corrected chi connectivity index (χ2v) is 9.51. The Morgan fingerprint density at radius 1 is 0.738 bits per heavy atom. The third kappa shape index (κ3) is 6.62. The van der Waals surface area contributed by atoms with Crippen LogP contribution in [-0.4, -0.2) is 43.3 Å². The first-order chi connectivity index (χ1) is 20.3. The van der Waals surface area contributed by atoms with Crippen molar-refractivity contribution in [2.45, 2.75) is 18.6 Å². The molecule has 0 aliphatic rings. The van der Waals surface area contributed by atoms with Crippen molar-refractivity contribution in [3.8, 4) is 17.2 Å². The highest BCUT2D eigenvalue weighted by Crippen LogP contribution is 2.33. The van der Waals surface area contributed by atoms with Crippen LogP contribution < -0.4 is 19.6 Å². The van der Waals surface area contributed by atoms with Gasteiger partial charge in [-0.2, -0.15) is 0 Å². The molecule has 0 saturated carbocycles. The molecule has 0 saturated heterocycles. The van der Waals surface area contributed by atoms with E-state index in [1.807, 2.05) is 42.5 Å². The predicted molar refractivity (Wildman–Crippen MR) is 161 cm³/mol. The first-order valence-corrected chi connectivity index (χ1v) is 13.3. The number of carbonyl (C=O) groups is 2. The Labute approximate surface area is 245 Å². The third-order valence-corrected chi connectivity index (χ3v) is 7.01. The maximum absolute atomic E-state index is 14.1. The monoisotopic (exact) mass is 566 g/mol. The zero-order valence-corrected chi connectivity index (χ0v) is 24.0. The van der Waals surface area contributed by atoms with Gasteiger partial charge in [-0.25, -0.2) is 5.01 Å². The summed E-state index contributed by atoms with van der Waals surface area (Å²) in [5.74, 6) is 0.478. The lowest BCUT2D eigenvalue weighted by Crippen LogP contribution is -2.54. The summed E-state index contributed by atoms with van der Waals surface area (Å²) in [5.41, 5.74) is 2.70. The molecule has 0 aliphatic heterocycles. The van der Waals surface area contributed by atoms with Crippen molar-refractivity contribution in [2.75, 3.05) is 21.3 Å². The van der Waals surface area contributed by atoms with E-state index in [0.717, 1.165) is 11.1 Å². The van der Waals surface area contributed by atoms with Crippen LogP contribution in [0.3, 0.4) is 0 Å². The SMILES string of the molecule is COc1ccc(C(C)N(NC(=O)C(O)(c2ccc(OC)cc2)c2ccc(OC)cc2)C(=O)C=Cc2ccccc2)cc1. The standard InChI is InChI=1S/C34H34N2O6/c1-24(26-11-17-29(40-2)18-12-26)36(32(37)23-10-25-8-6-5-7-9-25)35-33(38)34(39,27-13-19-30(41-3)20-14-27)28-15-21-31(42-4)22-16-28/h5-24,39H,1-4H3,(H,35,38). The van der Waals surface area contributed by atoms with Gasteiger partial charge < -0.3 is 19.3 Å². The number of rotatable bonds is 10. The van der Waals surface area contributed by atoms with Crippen LogP contribution in [-0.2, 0) is 15.2 Å². The second-order valence-electron chi connectivity index (χ2n) is 9.51. The second kappa shape index (κ2) is 13.5. The van der Waals surface area contributed by atoms with E-state index in [2.05, 4.69) is 5.43 Å². The molecule has 2 N–H and O–H groups in total. The molecule has 0 aliphatic carbocycles. The summed E-state index contributed by atoms with van der Waals surface area (Å²) in [6.45, 7) is 1.79. The Morgan fingerprint density at radius 2 is 1.19 bits per heavy atom. The predicted octanol–water partition coefficient (Wildman–Crippen LogP) is 5.28. The first-order valence-electron chi connectivity index (χ1n) is 13.3. The number of hydrogen-bond donors (Lipinski definition) is 2. The van der Waals surface area contributed by atoms with Crippen LogP contribution in [0, 0.1) is 0 Å². The molecule has 1 atom stereocenters. The largest absolute Gasteiger partial charge is 0.497 e. The first kappa shape index (κ1) is 29.9. The summed E-state index contributed by atoms with van der Waals surface area (Å²) >= 11 is 0. The Hall–Kier alpha value is -5.08. The van der Waals surface area contributed by atoms with E-state index in [4.69, 9.17) is 14.2 Å². The van der Waals surface area contributed by atoms with Crippen molar-refractivity contribution >= 4 is 17.9 Å².